The van der Waals surface area contributed by atoms with Crippen molar-refractivity contribution in [3.8, 4) is 11.4 Å². The van der Waals surface area contributed by atoms with Crippen LogP contribution in [0.4, 0.5) is 0 Å². The van der Waals surface area contributed by atoms with Crippen LogP contribution in [0.5, 0.6) is 0 Å². The quantitative estimate of drug-likeness (QED) is 0.830. The molecule has 0 fully saturated rings. The highest BCUT2D eigenvalue weighted by Crippen LogP contribution is 2.27. The van der Waals surface area contributed by atoms with Crippen molar-refractivity contribution in [3.63, 3.8) is 0 Å². The molecule has 1 aromatic heterocycles. The summed E-state index contributed by atoms with van der Waals surface area (Å²) in [5.74, 6) is -0.400. The highest BCUT2D eigenvalue weighted by atomic mass is 79.9. The number of aromatic nitrogens is 3. The van der Waals surface area contributed by atoms with Gasteiger partial charge in [0.2, 0.25) is 5.16 Å². The van der Waals surface area contributed by atoms with Crippen LogP contribution in [0, 0.1) is 0 Å². The second kappa shape index (κ2) is 5.73. The van der Waals surface area contributed by atoms with E-state index >= 15 is 0 Å². The number of rotatable bonds is 4. The fraction of sp³-hybridized carbons (Fsp3) is 0.100. The van der Waals surface area contributed by atoms with Crippen LogP contribution >= 0.6 is 39.3 Å². The molecule has 2 N–H and O–H groups in total. The van der Waals surface area contributed by atoms with Gasteiger partial charge < -0.3 is 5.11 Å². The van der Waals surface area contributed by atoms with Crippen molar-refractivity contribution in [3.05, 3.63) is 27.7 Å². The number of halogens is 2. The topological polar surface area (TPSA) is 78.9 Å². The Labute approximate surface area is 120 Å². The van der Waals surface area contributed by atoms with Crippen LogP contribution in [-0.2, 0) is 4.79 Å². The summed E-state index contributed by atoms with van der Waals surface area (Å²) < 4.78 is 0.762. The lowest BCUT2D eigenvalue weighted by Crippen LogP contribution is -1.97. The predicted molar refractivity (Wildman–Crippen MR) is 72.9 cm³/mol. The van der Waals surface area contributed by atoms with Crippen molar-refractivity contribution in [2.45, 2.75) is 5.16 Å². The largest absolute Gasteiger partial charge is 0.481 e. The number of hydrogen-bond donors (Lipinski definition) is 2. The molecule has 1 heterocycles. The maximum absolute atomic E-state index is 10.4. The molecule has 8 heteroatoms. The predicted octanol–water partition coefficient (Wildman–Crippen LogP) is 3.06. The van der Waals surface area contributed by atoms with Crippen molar-refractivity contribution in [1.29, 1.82) is 0 Å². The van der Waals surface area contributed by atoms with Crippen molar-refractivity contribution in [1.82, 2.24) is 15.2 Å². The van der Waals surface area contributed by atoms with Crippen molar-refractivity contribution >= 4 is 45.3 Å². The molecule has 2 rings (SSSR count). The molecule has 0 atom stereocenters. The summed E-state index contributed by atoms with van der Waals surface area (Å²) in [7, 11) is 0. The van der Waals surface area contributed by atoms with Gasteiger partial charge in [0.1, 0.15) is 0 Å². The van der Waals surface area contributed by atoms with Crippen LogP contribution in [0.3, 0.4) is 0 Å². The molecule has 18 heavy (non-hydrogen) atoms. The Kier molecular flexibility index (Phi) is 4.26. The van der Waals surface area contributed by atoms with Gasteiger partial charge in [-0.15, -0.1) is 5.10 Å². The number of carbonyl (C=O) groups is 1. The fourth-order valence-electron chi connectivity index (χ4n) is 1.21. The maximum Gasteiger partial charge on any atom is 0.313 e. The molecule has 0 aliphatic rings. The first-order valence-corrected chi connectivity index (χ1v) is 6.94. The van der Waals surface area contributed by atoms with Crippen LogP contribution in [0.2, 0.25) is 5.02 Å². The number of carboxylic acid groups (broad SMARTS) is 1. The molecular weight excluding hydrogens is 342 g/mol. The van der Waals surface area contributed by atoms with Crippen LogP contribution in [-0.4, -0.2) is 32.0 Å². The Morgan fingerprint density at radius 3 is 3.00 bits per heavy atom. The number of hydrogen-bond acceptors (Lipinski definition) is 4. The zero-order valence-electron chi connectivity index (χ0n) is 8.85. The van der Waals surface area contributed by atoms with Crippen molar-refractivity contribution in [2.75, 3.05) is 5.75 Å². The minimum absolute atomic E-state index is 0.0679. The van der Waals surface area contributed by atoms with Gasteiger partial charge in [-0.1, -0.05) is 23.4 Å². The standard InChI is InChI=1S/C10H7BrClN3O2S/c11-6-3-5(1-2-7(6)12)9-13-10(15-14-9)18-4-8(16)17/h1-3H,4H2,(H,16,17)(H,13,14,15). The van der Waals surface area contributed by atoms with Gasteiger partial charge in [0.15, 0.2) is 5.82 Å². The molecule has 0 saturated heterocycles. The van der Waals surface area contributed by atoms with Gasteiger partial charge in [-0.2, -0.15) is 0 Å². The minimum Gasteiger partial charge on any atom is -0.481 e. The monoisotopic (exact) mass is 347 g/mol. The lowest BCUT2D eigenvalue weighted by atomic mass is 10.2. The lowest BCUT2D eigenvalue weighted by Gasteiger charge is -1.98. The first kappa shape index (κ1) is 13.4. The third-order valence-electron chi connectivity index (χ3n) is 1.98. The molecule has 5 nitrogen and oxygen atoms in total. The molecule has 0 amide bonds. The van der Waals surface area contributed by atoms with Gasteiger partial charge in [0, 0.05) is 10.0 Å². The van der Waals surface area contributed by atoms with E-state index in [4.69, 9.17) is 16.7 Å². The molecule has 0 aliphatic carbocycles. The third-order valence-corrected chi connectivity index (χ3v) is 4.03. The van der Waals surface area contributed by atoms with Gasteiger partial charge in [-0.3, -0.25) is 9.89 Å². The van der Waals surface area contributed by atoms with E-state index in [0.29, 0.717) is 16.0 Å². The lowest BCUT2D eigenvalue weighted by molar-refractivity contribution is -0.133. The normalized spacial score (nSPS) is 10.6. The first-order chi connectivity index (χ1) is 8.56. The third kappa shape index (κ3) is 3.24. The molecule has 0 aliphatic heterocycles. The summed E-state index contributed by atoms with van der Waals surface area (Å²) in [5, 5.41) is 16.3. The van der Waals surface area contributed by atoms with Gasteiger partial charge in [-0.25, -0.2) is 4.98 Å². The number of nitrogens with zero attached hydrogens (tertiary/aromatic N) is 2. The first-order valence-electron chi connectivity index (χ1n) is 4.78. The Balaban J connectivity index is 2.18. The van der Waals surface area contributed by atoms with Gasteiger partial charge >= 0.3 is 5.97 Å². The molecule has 94 valence electrons. The van der Waals surface area contributed by atoms with E-state index in [0.717, 1.165) is 21.8 Å². The smallest absolute Gasteiger partial charge is 0.313 e. The Bertz CT molecular complexity index is 590. The summed E-state index contributed by atoms with van der Waals surface area (Å²) in [6.07, 6.45) is 0. The van der Waals surface area contributed by atoms with Crippen molar-refractivity contribution in [2.24, 2.45) is 0 Å². The van der Waals surface area contributed by atoms with E-state index in [1.54, 1.807) is 12.1 Å². The van der Waals surface area contributed by atoms with E-state index in [9.17, 15) is 4.79 Å². The van der Waals surface area contributed by atoms with E-state index in [-0.39, 0.29) is 5.75 Å². The Hall–Kier alpha value is -1.05. The minimum atomic E-state index is -0.902. The second-order valence-corrected chi connectivity index (χ2v) is 5.48. The molecule has 2 aromatic rings. The molecule has 0 saturated carbocycles. The summed E-state index contributed by atoms with van der Waals surface area (Å²) in [4.78, 5) is 14.6. The molecule has 0 unspecified atom stereocenters. The van der Waals surface area contributed by atoms with E-state index in [1.165, 1.54) is 0 Å². The van der Waals surface area contributed by atoms with Crippen molar-refractivity contribution < 1.29 is 9.90 Å². The number of benzene rings is 1. The highest BCUT2D eigenvalue weighted by molar-refractivity contribution is 9.10. The van der Waals surface area contributed by atoms with Crippen LogP contribution < -0.4 is 0 Å². The van der Waals surface area contributed by atoms with Gasteiger partial charge in [0.25, 0.3) is 0 Å². The average molecular weight is 349 g/mol. The Morgan fingerprint density at radius 1 is 1.56 bits per heavy atom. The number of thioether (sulfide) groups is 1. The summed E-state index contributed by atoms with van der Waals surface area (Å²) in [6, 6.07) is 5.36. The molecule has 0 spiro atoms. The molecular formula is C10H7BrClN3O2S. The van der Waals surface area contributed by atoms with Crippen LogP contribution in [0.1, 0.15) is 0 Å². The van der Waals surface area contributed by atoms with Gasteiger partial charge in [0.05, 0.1) is 10.8 Å². The summed E-state index contributed by atoms with van der Waals surface area (Å²) >= 11 is 10.3. The Morgan fingerprint density at radius 2 is 2.33 bits per heavy atom. The number of aliphatic carboxylic acids is 1. The highest BCUT2D eigenvalue weighted by Gasteiger charge is 2.09. The second-order valence-electron chi connectivity index (χ2n) is 3.28. The number of H-pyrrole nitrogens is 1. The van der Waals surface area contributed by atoms with Gasteiger partial charge in [-0.05, 0) is 34.1 Å². The number of nitrogens with one attached hydrogen (secondary N) is 1. The van der Waals surface area contributed by atoms with Crippen LogP contribution in [0.15, 0.2) is 27.8 Å². The molecule has 1 aromatic carbocycles. The zero-order chi connectivity index (χ0) is 13.1. The maximum atomic E-state index is 10.4. The number of aromatic amines is 1. The zero-order valence-corrected chi connectivity index (χ0v) is 12.0. The van der Waals surface area contributed by atoms with E-state index < -0.39 is 5.97 Å². The fourth-order valence-corrected chi connectivity index (χ4v) is 2.22. The van der Waals surface area contributed by atoms with E-state index in [2.05, 4.69) is 31.1 Å². The molecule has 0 radical (unpaired) electrons. The SMILES string of the molecule is O=C(O)CSc1n[nH]c(-c2ccc(Cl)c(Br)c2)n1. The average Bonchev–Trinajstić information content (AvgIpc) is 2.79. The van der Waals surface area contributed by atoms with E-state index in [1.807, 2.05) is 6.07 Å². The molecule has 0 bridgehead atoms. The van der Waals surface area contributed by atoms with Crippen LogP contribution in [0.25, 0.3) is 11.4 Å². The summed E-state index contributed by atoms with van der Waals surface area (Å²) in [5.41, 5.74) is 0.820. The number of carboxylic acids is 1. The summed E-state index contributed by atoms with van der Waals surface area (Å²) in [6.45, 7) is 0.